The van der Waals surface area contributed by atoms with Crippen LogP contribution >= 0.6 is 0 Å². The van der Waals surface area contributed by atoms with Crippen molar-refractivity contribution in [1.29, 1.82) is 0 Å². The highest BCUT2D eigenvalue weighted by molar-refractivity contribution is 6.02. The first-order valence-corrected chi connectivity index (χ1v) is 4.46. The molecule has 13 heavy (non-hydrogen) atoms. The van der Waals surface area contributed by atoms with E-state index in [0.29, 0.717) is 18.6 Å². The number of Topliss-reactive ketones (excluding diaryl/α,β-unsaturated/α-hetero) is 1. The predicted octanol–water partition coefficient (Wildman–Crippen LogP) is 2.14. The van der Waals surface area contributed by atoms with Gasteiger partial charge in [0.25, 0.3) is 0 Å². The van der Waals surface area contributed by atoms with Crippen molar-refractivity contribution in [3.8, 4) is 5.75 Å². The van der Waals surface area contributed by atoms with E-state index in [1.165, 1.54) is 0 Å². The Morgan fingerprint density at radius 1 is 1.23 bits per heavy atom. The van der Waals surface area contributed by atoms with E-state index in [1.54, 1.807) is 0 Å². The number of hydrogen-bond acceptors (Lipinski definition) is 2. The number of carbonyl (C=O) groups is 1. The minimum Gasteiger partial charge on any atom is -0.507 e. The zero-order chi connectivity index (χ0) is 9.59. The Morgan fingerprint density at radius 2 is 1.92 bits per heavy atom. The normalized spacial score (nSPS) is 14.8. The smallest absolute Gasteiger partial charge is 0.163 e. The molecular formula is C11H12O2. The van der Waals surface area contributed by atoms with Crippen molar-refractivity contribution in [3.05, 3.63) is 28.3 Å². The third-order valence-corrected chi connectivity index (χ3v) is 2.67. The van der Waals surface area contributed by atoms with Gasteiger partial charge in [-0.2, -0.15) is 0 Å². The van der Waals surface area contributed by atoms with E-state index in [4.69, 9.17) is 0 Å². The van der Waals surface area contributed by atoms with E-state index in [1.807, 2.05) is 19.9 Å². The molecule has 1 aromatic carbocycles. The summed E-state index contributed by atoms with van der Waals surface area (Å²) in [6, 6.07) is 1.87. The van der Waals surface area contributed by atoms with E-state index < -0.39 is 0 Å². The van der Waals surface area contributed by atoms with Crippen LogP contribution in [-0.4, -0.2) is 10.9 Å². The number of ketones is 1. The molecule has 2 nitrogen and oxygen atoms in total. The van der Waals surface area contributed by atoms with Crippen molar-refractivity contribution in [2.45, 2.75) is 26.7 Å². The van der Waals surface area contributed by atoms with E-state index in [-0.39, 0.29) is 5.78 Å². The summed E-state index contributed by atoms with van der Waals surface area (Å²) in [6.45, 7) is 3.79. The minimum atomic E-state index is 0.169. The second-order valence-electron chi connectivity index (χ2n) is 3.64. The number of fused-ring (bicyclic) bond motifs is 1. The third kappa shape index (κ3) is 1.05. The lowest BCUT2D eigenvalue weighted by Crippen LogP contribution is -1.96. The first-order chi connectivity index (χ1) is 6.11. The Morgan fingerprint density at radius 3 is 2.62 bits per heavy atom. The fraction of sp³-hybridized carbons (Fsp3) is 0.364. The van der Waals surface area contributed by atoms with Crippen LogP contribution in [0.3, 0.4) is 0 Å². The maximum absolute atomic E-state index is 11.4. The van der Waals surface area contributed by atoms with Crippen LogP contribution in [0.5, 0.6) is 5.75 Å². The highest BCUT2D eigenvalue weighted by atomic mass is 16.3. The van der Waals surface area contributed by atoms with Crippen LogP contribution in [0.4, 0.5) is 0 Å². The number of phenols is 1. The molecule has 1 N–H and O–H groups in total. The molecule has 1 aliphatic rings. The van der Waals surface area contributed by atoms with Crippen molar-refractivity contribution in [2.24, 2.45) is 0 Å². The van der Waals surface area contributed by atoms with Gasteiger partial charge < -0.3 is 5.11 Å². The summed E-state index contributed by atoms with van der Waals surface area (Å²) in [4.78, 5) is 11.4. The number of phenolic OH excluding ortho intramolecular Hbond substituents is 1. The van der Waals surface area contributed by atoms with Crippen molar-refractivity contribution in [3.63, 3.8) is 0 Å². The zero-order valence-electron chi connectivity index (χ0n) is 7.85. The summed E-state index contributed by atoms with van der Waals surface area (Å²) in [6.07, 6.45) is 1.25. The van der Waals surface area contributed by atoms with Crippen LogP contribution in [0, 0.1) is 13.8 Å². The lowest BCUT2D eigenvalue weighted by molar-refractivity contribution is 0.0994. The molecule has 0 unspecified atom stereocenters. The van der Waals surface area contributed by atoms with Gasteiger partial charge in [0.05, 0.1) is 0 Å². The van der Waals surface area contributed by atoms with Gasteiger partial charge in [-0.15, -0.1) is 0 Å². The van der Waals surface area contributed by atoms with Crippen molar-refractivity contribution < 1.29 is 9.90 Å². The minimum absolute atomic E-state index is 0.169. The van der Waals surface area contributed by atoms with Gasteiger partial charge in [-0.1, -0.05) is 6.07 Å². The first-order valence-electron chi connectivity index (χ1n) is 4.46. The van der Waals surface area contributed by atoms with Crippen LogP contribution in [0.15, 0.2) is 6.07 Å². The second kappa shape index (κ2) is 2.59. The maximum atomic E-state index is 11.4. The monoisotopic (exact) mass is 176 g/mol. The first kappa shape index (κ1) is 8.30. The molecule has 0 radical (unpaired) electrons. The Labute approximate surface area is 77.2 Å². The molecule has 0 aromatic heterocycles. The Bertz CT molecular complexity index is 392. The SMILES string of the molecule is Cc1cc(C)c2c(c1O)CCC2=O. The average Bonchev–Trinajstić information content (AvgIpc) is 2.44. The molecule has 0 saturated carbocycles. The highest BCUT2D eigenvalue weighted by Crippen LogP contribution is 2.34. The average molecular weight is 176 g/mol. The van der Waals surface area contributed by atoms with Gasteiger partial charge in [0.15, 0.2) is 5.78 Å². The second-order valence-corrected chi connectivity index (χ2v) is 3.64. The number of rotatable bonds is 0. The number of hydrogen-bond donors (Lipinski definition) is 1. The van der Waals surface area contributed by atoms with Gasteiger partial charge >= 0.3 is 0 Å². The van der Waals surface area contributed by atoms with Gasteiger partial charge in [0, 0.05) is 17.5 Å². The fourth-order valence-corrected chi connectivity index (χ4v) is 2.05. The number of aryl methyl sites for hydroxylation is 2. The van der Waals surface area contributed by atoms with E-state index in [9.17, 15) is 9.90 Å². The maximum Gasteiger partial charge on any atom is 0.163 e. The molecule has 0 atom stereocenters. The fourth-order valence-electron chi connectivity index (χ4n) is 2.05. The summed E-state index contributed by atoms with van der Waals surface area (Å²) < 4.78 is 0. The molecular weight excluding hydrogens is 164 g/mol. The third-order valence-electron chi connectivity index (χ3n) is 2.67. The predicted molar refractivity (Wildman–Crippen MR) is 50.2 cm³/mol. The zero-order valence-corrected chi connectivity index (χ0v) is 7.85. The molecule has 0 fully saturated rings. The number of benzene rings is 1. The summed E-state index contributed by atoms with van der Waals surface area (Å²) in [5.74, 6) is 0.481. The summed E-state index contributed by atoms with van der Waals surface area (Å²) in [7, 11) is 0. The van der Waals surface area contributed by atoms with Gasteiger partial charge in [-0.25, -0.2) is 0 Å². The van der Waals surface area contributed by atoms with Gasteiger partial charge in [-0.3, -0.25) is 4.79 Å². The quantitative estimate of drug-likeness (QED) is 0.657. The summed E-state index contributed by atoms with van der Waals surface area (Å²) in [5, 5.41) is 9.71. The number of aromatic hydroxyl groups is 1. The Hall–Kier alpha value is -1.31. The number of carbonyl (C=O) groups excluding carboxylic acids is 1. The van der Waals surface area contributed by atoms with Crippen LogP contribution < -0.4 is 0 Å². The molecule has 2 rings (SSSR count). The van der Waals surface area contributed by atoms with Crippen molar-refractivity contribution in [1.82, 2.24) is 0 Å². The molecule has 2 heteroatoms. The largest absolute Gasteiger partial charge is 0.507 e. The van der Waals surface area contributed by atoms with Crippen molar-refractivity contribution in [2.75, 3.05) is 0 Å². The van der Waals surface area contributed by atoms with Gasteiger partial charge in [0.2, 0.25) is 0 Å². The molecule has 0 bridgehead atoms. The molecule has 0 heterocycles. The van der Waals surface area contributed by atoms with E-state index >= 15 is 0 Å². The standard InChI is InChI=1S/C11H12O2/c1-6-5-7(2)11(13)8-3-4-9(12)10(6)8/h5,13H,3-4H2,1-2H3. The van der Waals surface area contributed by atoms with Gasteiger partial charge in [0.1, 0.15) is 5.75 Å². The summed E-state index contributed by atoms with van der Waals surface area (Å²) >= 11 is 0. The molecule has 1 aromatic rings. The van der Waals surface area contributed by atoms with Crippen LogP contribution in [0.1, 0.15) is 33.5 Å². The van der Waals surface area contributed by atoms with E-state index in [2.05, 4.69) is 0 Å². The molecule has 0 saturated heterocycles. The summed E-state index contributed by atoms with van der Waals surface area (Å²) in [5.41, 5.74) is 3.46. The van der Waals surface area contributed by atoms with E-state index in [0.717, 1.165) is 22.3 Å². The molecule has 0 spiro atoms. The Balaban J connectivity index is 2.76. The van der Waals surface area contributed by atoms with Crippen LogP contribution in [0.2, 0.25) is 0 Å². The van der Waals surface area contributed by atoms with Crippen molar-refractivity contribution >= 4 is 5.78 Å². The highest BCUT2D eigenvalue weighted by Gasteiger charge is 2.25. The van der Waals surface area contributed by atoms with Crippen LogP contribution in [0.25, 0.3) is 0 Å². The molecule has 0 aliphatic heterocycles. The van der Waals surface area contributed by atoms with Gasteiger partial charge in [-0.05, 0) is 31.4 Å². The van der Waals surface area contributed by atoms with Crippen LogP contribution in [-0.2, 0) is 6.42 Å². The molecule has 68 valence electrons. The molecule has 0 amide bonds. The lowest BCUT2D eigenvalue weighted by Gasteiger charge is -2.07. The lowest BCUT2D eigenvalue weighted by atomic mass is 9.99. The Kier molecular flexibility index (Phi) is 1.65. The topological polar surface area (TPSA) is 37.3 Å². The molecule has 1 aliphatic carbocycles.